The predicted octanol–water partition coefficient (Wildman–Crippen LogP) is 1.00. The molecule has 0 fully saturated rings. The number of esters is 1. The average Bonchev–Trinajstić information content (AvgIpc) is 2.91. The first-order valence-electron chi connectivity index (χ1n) is 6.52. The number of nitrogens with zero attached hydrogens (tertiary/aromatic N) is 3. The van der Waals surface area contributed by atoms with Crippen LogP contribution >= 0.6 is 0 Å². The van der Waals surface area contributed by atoms with Crippen LogP contribution in [0, 0.1) is 0 Å². The van der Waals surface area contributed by atoms with Crippen LogP contribution < -0.4 is 4.74 Å². The number of ether oxygens (including phenoxy) is 2. The molecule has 112 valence electrons. The van der Waals surface area contributed by atoms with Gasteiger partial charge in [0, 0.05) is 0 Å². The van der Waals surface area contributed by atoms with Gasteiger partial charge in [-0.25, -0.2) is 9.48 Å². The molecule has 0 saturated carbocycles. The van der Waals surface area contributed by atoms with Crippen molar-refractivity contribution in [2.75, 3.05) is 13.7 Å². The number of carbonyl (C=O) groups excluding carboxylic acids is 1. The number of hydrogen-bond acceptors (Lipinski definition) is 6. The molecule has 0 radical (unpaired) electrons. The molecule has 0 bridgehead atoms. The number of aliphatic hydroxyl groups excluding tert-OH is 1. The van der Waals surface area contributed by atoms with Crippen LogP contribution in [0.5, 0.6) is 5.75 Å². The van der Waals surface area contributed by atoms with Gasteiger partial charge in [0.15, 0.2) is 5.69 Å². The van der Waals surface area contributed by atoms with Crippen molar-refractivity contribution in [1.29, 1.82) is 0 Å². The summed E-state index contributed by atoms with van der Waals surface area (Å²) >= 11 is 0. The fraction of sp³-hybridized carbons (Fsp3) is 0.357. The number of methoxy groups -OCH3 is 1. The Kier molecular flexibility index (Phi) is 4.89. The number of aliphatic hydroxyl groups is 1. The molecule has 0 aliphatic heterocycles. The lowest BCUT2D eigenvalue weighted by Gasteiger charge is -2.07. The quantitative estimate of drug-likeness (QED) is 0.799. The van der Waals surface area contributed by atoms with E-state index in [0.29, 0.717) is 6.54 Å². The molecule has 0 saturated heterocycles. The molecule has 0 atom stereocenters. The van der Waals surface area contributed by atoms with E-state index in [4.69, 9.17) is 9.47 Å². The average molecular weight is 291 g/mol. The van der Waals surface area contributed by atoms with Crippen molar-refractivity contribution in [2.24, 2.45) is 0 Å². The molecular weight excluding hydrogens is 274 g/mol. The van der Waals surface area contributed by atoms with Gasteiger partial charge in [-0.1, -0.05) is 17.3 Å². The summed E-state index contributed by atoms with van der Waals surface area (Å²) in [6, 6.07) is 7.38. The topological polar surface area (TPSA) is 86.5 Å². The molecule has 0 aliphatic carbocycles. The standard InChI is InChI=1S/C14H17N3O4/c1-3-21-14(19)13-12(9-18)15-16-17(13)8-10-4-6-11(20-2)7-5-10/h4-7,18H,3,8-9H2,1-2H3. The molecule has 1 aromatic carbocycles. The van der Waals surface area contributed by atoms with E-state index in [2.05, 4.69) is 10.3 Å². The van der Waals surface area contributed by atoms with E-state index in [1.165, 1.54) is 4.68 Å². The molecule has 2 aromatic rings. The van der Waals surface area contributed by atoms with E-state index in [9.17, 15) is 9.90 Å². The van der Waals surface area contributed by atoms with Gasteiger partial charge >= 0.3 is 5.97 Å². The van der Waals surface area contributed by atoms with Gasteiger partial charge in [0.2, 0.25) is 0 Å². The first-order chi connectivity index (χ1) is 10.2. The number of carbonyl (C=O) groups is 1. The summed E-state index contributed by atoms with van der Waals surface area (Å²) in [4.78, 5) is 11.9. The number of hydrogen-bond donors (Lipinski definition) is 1. The van der Waals surface area contributed by atoms with Crippen molar-refractivity contribution in [3.63, 3.8) is 0 Å². The summed E-state index contributed by atoms with van der Waals surface area (Å²) in [7, 11) is 1.60. The van der Waals surface area contributed by atoms with Gasteiger partial charge in [-0.05, 0) is 24.6 Å². The van der Waals surface area contributed by atoms with Crippen molar-refractivity contribution in [3.8, 4) is 5.75 Å². The lowest BCUT2D eigenvalue weighted by atomic mass is 10.2. The van der Waals surface area contributed by atoms with Crippen LogP contribution in [-0.2, 0) is 17.9 Å². The third kappa shape index (κ3) is 3.38. The van der Waals surface area contributed by atoms with Crippen LogP contribution in [-0.4, -0.2) is 39.8 Å². The van der Waals surface area contributed by atoms with Gasteiger partial charge in [0.05, 0.1) is 26.9 Å². The van der Waals surface area contributed by atoms with E-state index in [1.54, 1.807) is 14.0 Å². The highest BCUT2D eigenvalue weighted by Crippen LogP contribution is 2.14. The maximum absolute atomic E-state index is 11.9. The van der Waals surface area contributed by atoms with Gasteiger partial charge < -0.3 is 14.6 Å². The van der Waals surface area contributed by atoms with Crippen molar-refractivity contribution >= 4 is 5.97 Å². The summed E-state index contributed by atoms with van der Waals surface area (Å²) in [5, 5.41) is 17.0. The third-order valence-corrected chi connectivity index (χ3v) is 2.91. The summed E-state index contributed by atoms with van der Waals surface area (Å²) in [6.45, 7) is 1.95. The monoisotopic (exact) mass is 291 g/mol. The number of rotatable bonds is 6. The lowest BCUT2D eigenvalue weighted by molar-refractivity contribution is 0.0509. The zero-order valence-electron chi connectivity index (χ0n) is 11.9. The van der Waals surface area contributed by atoms with Crippen molar-refractivity contribution in [2.45, 2.75) is 20.1 Å². The summed E-state index contributed by atoms with van der Waals surface area (Å²) in [6.07, 6.45) is 0. The van der Waals surface area contributed by atoms with Crippen LogP contribution in [0.1, 0.15) is 28.7 Å². The Balaban J connectivity index is 2.26. The van der Waals surface area contributed by atoms with E-state index in [-0.39, 0.29) is 24.6 Å². The largest absolute Gasteiger partial charge is 0.497 e. The van der Waals surface area contributed by atoms with Gasteiger partial charge in [-0.15, -0.1) is 5.10 Å². The van der Waals surface area contributed by atoms with Crippen LogP contribution in [0.3, 0.4) is 0 Å². The maximum atomic E-state index is 11.9. The van der Waals surface area contributed by atoms with Gasteiger partial charge in [0.1, 0.15) is 11.4 Å². The van der Waals surface area contributed by atoms with E-state index < -0.39 is 5.97 Å². The smallest absolute Gasteiger partial charge is 0.358 e. The SMILES string of the molecule is CCOC(=O)c1c(CO)nnn1Cc1ccc(OC)cc1. The minimum atomic E-state index is -0.542. The van der Waals surface area contributed by atoms with Gasteiger partial charge in [0.25, 0.3) is 0 Å². The Morgan fingerprint density at radius 2 is 2.05 bits per heavy atom. The zero-order chi connectivity index (χ0) is 15.2. The Bertz CT molecular complexity index is 607. The van der Waals surface area contributed by atoms with E-state index in [1.807, 2.05) is 24.3 Å². The first kappa shape index (κ1) is 15.0. The third-order valence-electron chi connectivity index (χ3n) is 2.91. The minimum absolute atomic E-state index is 0.176. The summed E-state index contributed by atoms with van der Waals surface area (Å²) in [5.41, 5.74) is 1.31. The zero-order valence-corrected chi connectivity index (χ0v) is 11.9. The minimum Gasteiger partial charge on any atom is -0.497 e. The molecular formula is C14H17N3O4. The normalized spacial score (nSPS) is 10.4. The van der Waals surface area contributed by atoms with Crippen LogP contribution in [0.15, 0.2) is 24.3 Å². The fourth-order valence-electron chi connectivity index (χ4n) is 1.89. The highest BCUT2D eigenvalue weighted by molar-refractivity contribution is 5.88. The second-order valence-electron chi connectivity index (χ2n) is 4.27. The first-order valence-corrected chi connectivity index (χ1v) is 6.52. The second-order valence-corrected chi connectivity index (χ2v) is 4.27. The lowest BCUT2D eigenvalue weighted by Crippen LogP contribution is -2.15. The molecule has 0 aliphatic rings. The molecule has 0 spiro atoms. The second kappa shape index (κ2) is 6.85. The van der Waals surface area contributed by atoms with Crippen LogP contribution in [0.4, 0.5) is 0 Å². The van der Waals surface area contributed by atoms with E-state index >= 15 is 0 Å². The van der Waals surface area contributed by atoms with Crippen molar-refractivity contribution in [3.05, 3.63) is 41.2 Å². The van der Waals surface area contributed by atoms with Crippen molar-refractivity contribution < 1.29 is 19.4 Å². The highest BCUT2D eigenvalue weighted by atomic mass is 16.5. The van der Waals surface area contributed by atoms with E-state index in [0.717, 1.165) is 11.3 Å². The molecule has 7 nitrogen and oxygen atoms in total. The highest BCUT2D eigenvalue weighted by Gasteiger charge is 2.21. The molecule has 21 heavy (non-hydrogen) atoms. The summed E-state index contributed by atoms with van der Waals surface area (Å²) in [5.74, 6) is 0.207. The maximum Gasteiger partial charge on any atom is 0.358 e. The molecule has 2 rings (SSSR count). The van der Waals surface area contributed by atoms with Gasteiger partial charge in [-0.2, -0.15) is 0 Å². The molecule has 0 amide bonds. The van der Waals surface area contributed by atoms with Gasteiger partial charge in [-0.3, -0.25) is 0 Å². The molecule has 1 aromatic heterocycles. The Morgan fingerprint density at radius 1 is 1.33 bits per heavy atom. The number of benzene rings is 1. The van der Waals surface area contributed by atoms with Crippen LogP contribution in [0.25, 0.3) is 0 Å². The van der Waals surface area contributed by atoms with Crippen LogP contribution in [0.2, 0.25) is 0 Å². The Hall–Kier alpha value is -2.41. The predicted molar refractivity (Wildman–Crippen MR) is 74.0 cm³/mol. The molecule has 7 heteroatoms. The number of aromatic nitrogens is 3. The molecule has 0 unspecified atom stereocenters. The van der Waals surface area contributed by atoms with Crippen molar-refractivity contribution in [1.82, 2.24) is 15.0 Å². The Labute approximate surface area is 122 Å². The molecule has 1 N–H and O–H groups in total. The summed E-state index contributed by atoms with van der Waals surface area (Å²) < 4.78 is 11.5. The fourth-order valence-corrected chi connectivity index (χ4v) is 1.89. The molecule has 1 heterocycles. The Morgan fingerprint density at radius 3 is 2.62 bits per heavy atom.